The zero-order valence-corrected chi connectivity index (χ0v) is 17.2. The van der Waals surface area contributed by atoms with Crippen LogP contribution in [0.2, 0.25) is 0 Å². The molecule has 3 aromatic carbocycles. The highest BCUT2D eigenvalue weighted by atomic mass is 32.1. The first kappa shape index (κ1) is 20.3. The smallest absolute Gasteiger partial charge is 0.359 e. The summed E-state index contributed by atoms with van der Waals surface area (Å²) in [6, 6.07) is 29.2. The molecule has 0 fully saturated rings. The number of nitrogens with two attached hydrogens (primary N) is 1. The van der Waals surface area contributed by atoms with Gasteiger partial charge in [0.25, 0.3) is 0 Å². The van der Waals surface area contributed by atoms with E-state index in [0.717, 1.165) is 22.9 Å². The maximum Gasteiger partial charge on any atom is 0.359 e. The van der Waals surface area contributed by atoms with Crippen LogP contribution in [0.25, 0.3) is 0 Å². The summed E-state index contributed by atoms with van der Waals surface area (Å²) in [5.74, 6) is -0.590. The van der Waals surface area contributed by atoms with Crippen LogP contribution < -0.4 is 10.5 Å². The van der Waals surface area contributed by atoms with Crippen molar-refractivity contribution in [2.75, 3.05) is 5.73 Å². The van der Waals surface area contributed by atoms with Gasteiger partial charge in [-0.05, 0) is 0 Å². The number of nitrogens with zero attached hydrogens (tertiary/aromatic N) is 2. The second-order valence-electron chi connectivity index (χ2n) is 6.55. The van der Waals surface area contributed by atoms with Gasteiger partial charge in [0.15, 0.2) is 11.3 Å². The summed E-state index contributed by atoms with van der Waals surface area (Å²) in [7, 11) is 0. The minimum Gasteiger partial charge on any atom is -0.402 e. The molecule has 0 aliphatic rings. The molecular weight excluding hydrogens is 410 g/mol. The third kappa shape index (κ3) is 4.46. The fourth-order valence-corrected chi connectivity index (χ4v) is 3.74. The zero-order valence-electron chi connectivity index (χ0n) is 16.4. The van der Waals surface area contributed by atoms with Crippen molar-refractivity contribution < 1.29 is 14.4 Å². The van der Waals surface area contributed by atoms with Gasteiger partial charge in [0, 0.05) is 16.7 Å². The van der Waals surface area contributed by atoms with E-state index in [1.165, 1.54) is 11.3 Å². The predicted molar refractivity (Wildman–Crippen MR) is 121 cm³/mol. The van der Waals surface area contributed by atoms with Gasteiger partial charge in [-0.2, -0.15) is 4.98 Å². The molecule has 0 aliphatic heterocycles. The molecule has 1 aromatic heterocycles. The van der Waals surface area contributed by atoms with E-state index in [1.54, 1.807) is 5.38 Å². The van der Waals surface area contributed by atoms with Gasteiger partial charge in [-0.1, -0.05) is 96.2 Å². The Hall–Kier alpha value is -3.97. The lowest BCUT2D eigenvalue weighted by Crippen LogP contribution is -2.31. The lowest BCUT2D eigenvalue weighted by molar-refractivity contribution is -0.127. The molecule has 4 aromatic rings. The minimum absolute atomic E-state index is 0.124. The van der Waals surface area contributed by atoms with Crippen LogP contribution in [0.15, 0.2) is 102 Å². The maximum atomic E-state index is 12.2. The normalized spacial score (nSPS) is 11.4. The third-order valence-corrected chi connectivity index (χ3v) is 5.25. The minimum atomic E-state index is -1.06. The Morgan fingerprint density at radius 2 is 1.35 bits per heavy atom. The largest absolute Gasteiger partial charge is 0.402 e. The quantitative estimate of drug-likeness (QED) is 0.200. The number of carbonyl (C=O) groups is 1. The Morgan fingerprint density at radius 1 is 0.871 bits per heavy atom. The number of hydrogen-bond acceptors (Lipinski definition) is 7. The Labute approximate surface area is 183 Å². The second-order valence-corrected chi connectivity index (χ2v) is 7.44. The van der Waals surface area contributed by atoms with Crippen LogP contribution >= 0.6 is 11.3 Å². The van der Waals surface area contributed by atoms with E-state index in [2.05, 4.69) is 10.1 Å². The van der Waals surface area contributed by atoms with E-state index in [4.69, 9.17) is 15.3 Å². The van der Waals surface area contributed by atoms with Crippen molar-refractivity contribution in [3.05, 3.63) is 113 Å². The summed E-state index contributed by atoms with van der Waals surface area (Å²) in [6.45, 7) is 0. The molecule has 2 N–H and O–H groups in total. The Kier molecular flexibility index (Phi) is 6.05. The summed E-state index contributed by atoms with van der Waals surface area (Å²) in [6.07, 6.45) is 0.985. The number of nitrogen functional groups attached to an aromatic ring is 1. The highest BCUT2D eigenvalue weighted by Crippen LogP contribution is 2.40. The molecule has 154 valence electrons. The third-order valence-electron chi connectivity index (χ3n) is 4.59. The summed E-state index contributed by atoms with van der Waals surface area (Å²) in [4.78, 5) is 22.2. The molecule has 0 saturated heterocycles. The average molecular weight is 430 g/mol. The van der Waals surface area contributed by atoms with Gasteiger partial charge in [-0.15, -0.1) is 11.3 Å². The fraction of sp³-hybridized carbons (Fsp3) is 0.0417. The lowest BCUT2D eigenvalue weighted by atomic mass is 9.80. The average Bonchev–Trinajstić information content (AvgIpc) is 3.23. The molecule has 7 heteroatoms. The van der Waals surface area contributed by atoms with E-state index in [9.17, 15) is 4.79 Å². The molecule has 4 rings (SSSR count). The van der Waals surface area contributed by atoms with E-state index >= 15 is 0 Å². The molecule has 0 aliphatic carbocycles. The number of esters is 1. The number of oxime groups is 1. The standard InChI is InChI=1S/C24H19N3O3S/c25-23-27-21(17-31-23)29-22(28)16-26-30-24(18-10-4-1-5-11-18,19-12-6-2-7-13-19)20-14-8-3-9-15-20/h1-17H,(H2,25,27)/b26-16-. The van der Waals surface area contributed by atoms with Gasteiger partial charge in [0.2, 0.25) is 11.5 Å². The summed E-state index contributed by atoms with van der Waals surface area (Å²) in [5, 5.41) is 5.88. The lowest BCUT2D eigenvalue weighted by Gasteiger charge is -2.33. The number of rotatable bonds is 7. The molecule has 0 spiro atoms. The molecule has 0 unspecified atom stereocenters. The molecule has 1 heterocycles. The number of anilines is 1. The van der Waals surface area contributed by atoms with Crippen LogP contribution in [-0.4, -0.2) is 17.2 Å². The second kappa shape index (κ2) is 9.23. The van der Waals surface area contributed by atoms with Gasteiger partial charge in [0.05, 0.1) is 5.38 Å². The van der Waals surface area contributed by atoms with Gasteiger partial charge < -0.3 is 15.3 Å². The van der Waals surface area contributed by atoms with E-state index in [0.29, 0.717) is 5.13 Å². The highest BCUT2D eigenvalue weighted by molar-refractivity contribution is 7.13. The summed E-state index contributed by atoms with van der Waals surface area (Å²) in [5.41, 5.74) is 7.10. The summed E-state index contributed by atoms with van der Waals surface area (Å²) < 4.78 is 5.12. The maximum absolute atomic E-state index is 12.2. The first-order valence-corrected chi connectivity index (χ1v) is 10.4. The monoisotopic (exact) mass is 429 g/mol. The van der Waals surface area contributed by atoms with E-state index in [1.807, 2.05) is 91.0 Å². The first-order chi connectivity index (χ1) is 15.2. The van der Waals surface area contributed by atoms with Crippen LogP contribution in [0.5, 0.6) is 5.88 Å². The molecule has 6 nitrogen and oxygen atoms in total. The number of ether oxygens (including phenoxy) is 1. The first-order valence-electron chi connectivity index (χ1n) is 9.49. The van der Waals surface area contributed by atoms with Gasteiger partial charge in [-0.25, -0.2) is 4.79 Å². The Morgan fingerprint density at radius 3 is 1.77 bits per heavy atom. The van der Waals surface area contributed by atoms with Gasteiger partial charge in [-0.3, -0.25) is 0 Å². The van der Waals surface area contributed by atoms with Crippen molar-refractivity contribution in [3.8, 4) is 5.88 Å². The topological polar surface area (TPSA) is 86.8 Å². The van der Waals surface area contributed by atoms with Crippen LogP contribution in [0.4, 0.5) is 5.13 Å². The number of thiazole rings is 1. The van der Waals surface area contributed by atoms with Gasteiger partial charge >= 0.3 is 5.97 Å². The number of aromatic nitrogens is 1. The number of carbonyl (C=O) groups excluding carboxylic acids is 1. The molecule has 0 saturated carbocycles. The van der Waals surface area contributed by atoms with Crippen molar-refractivity contribution in [3.63, 3.8) is 0 Å². The van der Waals surface area contributed by atoms with Gasteiger partial charge in [0.1, 0.15) is 0 Å². The van der Waals surface area contributed by atoms with E-state index in [-0.39, 0.29) is 5.88 Å². The Balaban J connectivity index is 1.72. The SMILES string of the molecule is Nc1nc(OC(=O)/C=N\OC(c2ccccc2)(c2ccccc2)c2ccccc2)cs1. The Bertz CT molecular complexity index is 1070. The van der Waals surface area contributed by atoms with Crippen molar-refractivity contribution in [1.29, 1.82) is 0 Å². The van der Waals surface area contributed by atoms with Crippen LogP contribution in [-0.2, 0) is 15.2 Å². The predicted octanol–water partition coefficient (Wildman–Crippen LogP) is 4.63. The highest BCUT2D eigenvalue weighted by Gasteiger charge is 2.39. The van der Waals surface area contributed by atoms with Crippen LogP contribution in [0, 0.1) is 0 Å². The molecule has 0 atom stereocenters. The molecule has 0 bridgehead atoms. The fourth-order valence-electron chi connectivity index (χ4n) is 3.27. The molecular formula is C24H19N3O3S. The molecule has 0 amide bonds. The van der Waals surface area contributed by atoms with Crippen LogP contribution in [0.1, 0.15) is 16.7 Å². The van der Waals surface area contributed by atoms with E-state index < -0.39 is 11.6 Å². The summed E-state index contributed by atoms with van der Waals surface area (Å²) >= 11 is 1.18. The van der Waals surface area contributed by atoms with Crippen molar-refractivity contribution in [2.24, 2.45) is 5.16 Å². The molecule has 0 radical (unpaired) electrons. The van der Waals surface area contributed by atoms with Crippen molar-refractivity contribution in [1.82, 2.24) is 4.98 Å². The van der Waals surface area contributed by atoms with Crippen LogP contribution in [0.3, 0.4) is 0 Å². The van der Waals surface area contributed by atoms with Crippen molar-refractivity contribution in [2.45, 2.75) is 5.60 Å². The molecule has 31 heavy (non-hydrogen) atoms. The number of benzene rings is 3. The number of hydrogen-bond donors (Lipinski definition) is 1. The van der Waals surface area contributed by atoms with Crippen molar-refractivity contribution >= 4 is 28.7 Å². The zero-order chi connectivity index (χ0) is 21.5.